The molecule has 0 N–H and O–H groups in total. The van der Waals surface area contributed by atoms with Crippen LogP contribution in [0.2, 0.25) is 0 Å². The third-order valence-electron chi connectivity index (χ3n) is 3.50. The molecule has 1 fully saturated rings. The van der Waals surface area contributed by atoms with Crippen LogP contribution in [0.5, 0.6) is 0 Å². The Bertz CT molecular complexity index is 520. The van der Waals surface area contributed by atoms with E-state index >= 15 is 0 Å². The summed E-state index contributed by atoms with van der Waals surface area (Å²) in [7, 11) is -3.32. The van der Waals surface area contributed by atoms with Crippen LogP contribution < -0.4 is 0 Å². The van der Waals surface area contributed by atoms with Gasteiger partial charge in [0.2, 0.25) is 10.0 Å². The van der Waals surface area contributed by atoms with E-state index in [4.69, 9.17) is 0 Å². The Morgan fingerprint density at radius 3 is 2.42 bits per heavy atom. The number of nitrogens with zero attached hydrogens (tertiary/aromatic N) is 2. The molecule has 0 aliphatic carbocycles. The smallest absolute Gasteiger partial charge is 0.243 e. The second kappa shape index (κ2) is 6.03. The topological polar surface area (TPSA) is 40.6 Å². The Hall–Kier alpha value is -0.910. The predicted octanol–water partition coefficient (Wildman–Crippen LogP) is 1.71. The number of benzene rings is 1. The average molecular weight is 282 g/mol. The van der Waals surface area contributed by atoms with Gasteiger partial charge in [-0.15, -0.1) is 0 Å². The maximum atomic E-state index is 12.5. The fourth-order valence-electron chi connectivity index (χ4n) is 2.43. The largest absolute Gasteiger partial charge is 0.301 e. The molecule has 0 atom stereocenters. The van der Waals surface area contributed by atoms with Gasteiger partial charge in [-0.05, 0) is 37.6 Å². The summed E-state index contributed by atoms with van der Waals surface area (Å²) in [5, 5.41) is 0. The molecule has 1 heterocycles. The second-order valence-electron chi connectivity index (χ2n) is 5.06. The molecule has 0 radical (unpaired) electrons. The molecule has 19 heavy (non-hydrogen) atoms. The van der Waals surface area contributed by atoms with Gasteiger partial charge in [-0.25, -0.2) is 8.42 Å². The summed E-state index contributed by atoms with van der Waals surface area (Å²) < 4.78 is 26.6. The Morgan fingerprint density at radius 2 is 1.84 bits per heavy atom. The zero-order chi connectivity index (χ0) is 13.9. The fourth-order valence-corrected chi connectivity index (χ4v) is 3.96. The zero-order valence-electron chi connectivity index (χ0n) is 11.7. The van der Waals surface area contributed by atoms with E-state index < -0.39 is 10.0 Å². The van der Waals surface area contributed by atoms with Crippen LogP contribution in [0.1, 0.15) is 18.9 Å². The van der Waals surface area contributed by atoms with Crippen LogP contribution >= 0.6 is 0 Å². The van der Waals surface area contributed by atoms with E-state index in [9.17, 15) is 8.42 Å². The molecule has 1 aliphatic rings. The number of sulfonamides is 1. The molecule has 1 aromatic carbocycles. The quantitative estimate of drug-likeness (QED) is 0.844. The third-order valence-corrected chi connectivity index (χ3v) is 5.39. The van der Waals surface area contributed by atoms with Crippen LogP contribution in [0.15, 0.2) is 29.2 Å². The molecule has 2 rings (SSSR count). The van der Waals surface area contributed by atoms with Gasteiger partial charge in [0.05, 0.1) is 4.90 Å². The monoisotopic (exact) mass is 282 g/mol. The standard InChI is InChI=1S/C14H22N2O2S/c1-3-7-15-8-10-16(11-9-15)19(17,18)14-6-4-5-13(2)12-14/h4-6,12H,3,7-11H2,1-2H3. The van der Waals surface area contributed by atoms with Crippen molar-refractivity contribution in [1.29, 1.82) is 0 Å². The summed E-state index contributed by atoms with van der Waals surface area (Å²) in [6, 6.07) is 7.14. The van der Waals surface area contributed by atoms with Crippen molar-refractivity contribution < 1.29 is 8.42 Å². The lowest BCUT2D eigenvalue weighted by Gasteiger charge is -2.33. The van der Waals surface area contributed by atoms with Gasteiger partial charge >= 0.3 is 0 Å². The van der Waals surface area contributed by atoms with Crippen molar-refractivity contribution in [2.75, 3.05) is 32.7 Å². The number of hydrogen-bond acceptors (Lipinski definition) is 3. The molecule has 1 saturated heterocycles. The summed E-state index contributed by atoms with van der Waals surface area (Å²) in [5.41, 5.74) is 0.977. The van der Waals surface area contributed by atoms with Crippen molar-refractivity contribution in [3.05, 3.63) is 29.8 Å². The Labute approximate surface area is 116 Å². The van der Waals surface area contributed by atoms with Gasteiger partial charge in [0, 0.05) is 26.2 Å². The lowest BCUT2D eigenvalue weighted by atomic mass is 10.2. The predicted molar refractivity (Wildman–Crippen MR) is 76.7 cm³/mol. The van der Waals surface area contributed by atoms with E-state index in [0.717, 1.165) is 31.6 Å². The van der Waals surface area contributed by atoms with Crippen LogP contribution in [0.25, 0.3) is 0 Å². The first-order valence-electron chi connectivity index (χ1n) is 6.83. The van der Waals surface area contributed by atoms with E-state index in [1.807, 2.05) is 13.0 Å². The van der Waals surface area contributed by atoms with Gasteiger partial charge in [0.25, 0.3) is 0 Å². The Balaban J connectivity index is 2.10. The molecule has 0 unspecified atom stereocenters. The minimum atomic E-state index is -3.32. The van der Waals surface area contributed by atoms with Crippen molar-refractivity contribution in [3.63, 3.8) is 0 Å². The number of hydrogen-bond donors (Lipinski definition) is 0. The van der Waals surface area contributed by atoms with Crippen LogP contribution in [0.3, 0.4) is 0 Å². The second-order valence-corrected chi connectivity index (χ2v) is 7.00. The van der Waals surface area contributed by atoms with Gasteiger partial charge in [-0.3, -0.25) is 0 Å². The Kier molecular flexibility index (Phi) is 4.60. The highest BCUT2D eigenvalue weighted by Gasteiger charge is 2.27. The van der Waals surface area contributed by atoms with Gasteiger partial charge in [0.1, 0.15) is 0 Å². The SMILES string of the molecule is CCCN1CCN(S(=O)(=O)c2cccc(C)c2)CC1. The van der Waals surface area contributed by atoms with Crippen molar-refractivity contribution in [2.24, 2.45) is 0 Å². The molecule has 0 amide bonds. The van der Waals surface area contributed by atoms with Crippen molar-refractivity contribution in [2.45, 2.75) is 25.2 Å². The molecule has 106 valence electrons. The summed E-state index contributed by atoms with van der Waals surface area (Å²) in [5.74, 6) is 0. The first-order valence-corrected chi connectivity index (χ1v) is 8.27. The first-order chi connectivity index (χ1) is 9.04. The van der Waals surface area contributed by atoms with Gasteiger partial charge < -0.3 is 4.90 Å². The summed E-state index contributed by atoms with van der Waals surface area (Å²) in [4.78, 5) is 2.74. The molecule has 0 spiro atoms. The van der Waals surface area contributed by atoms with Crippen LogP contribution in [0.4, 0.5) is 0 Å². The van der Waals surface area contributed by atoms with E-state index in [-0.39, 0.29) is 0 Å². The molecular formula is C14H22N2O2S. The normalized spacial score (nSPS) is 18.6. The lowest BCUT2D eigenvalue weighted by Crippen LogP contribution is -2.48. The Morgan fingerprint density at radius 1 is 1.16 bits per heavy atom. The average Bonchev–Trinajstić information content (AvgIpc) is 2.40. The minimum Gasteiger partial charge on any atom is -0.301 e. The van der Waals surface area contributed by atoms with E-state index in [1.54, 1.807) is 22.5 Å². The van der Waals surface area contributed by atoms with Crippen LogP contribution in [-0.4, -0.2) is 50.3 Å². The van der Waals surface area contributed by atoms with E-state index in [0.29, 0.717) is 18.0 Å². The van der Waals surface area contributed by atoms with Crippen molar-refractivity contribution >= 4 is 10.0 Å². The fraction of sp³-hybridized carbons (Fsp3) is 0.571. The molecule has 5 heteroatoms. The van der Waals surface area contributed by atoms with Crippen LogP contribution in [0, 0.1) is 6.92 Å². The molecule has 1 aliphatic heterocycles. The summed E-state index contributed by atoms with van der Waals surface area (Å²) >= 11 is 0. The van der Waals surface area contributed by atoms with Gasteiger partial charge in [0.15, 0.2) is 0 Å². The molecule has 1 aromatic rings. The molecule has 4 nitrogen and oxygen atoms in total. The third kappa shape index (κ3) is 3.35. The van der Waals surface area contributed by atoms with E-state index in [2.05, 4.69) is 11.8 Å². The highest BCUT2D eigenvalue weighted by Crippen LogP contribution is 2.18. The van der Waals surface area contributed by atoms with Gasteiger partial charge in [-0.1, -0.05) is 19.1 Å². The summed E-state index contributed by atoms with van der Waals surface area (Å²) in [6.45, 7) is 7.97. The van der Waals surface area contributed by atoms with Crippen molar-refractivity contribution in [1.82, 2.24) is 9.21 Å². The molecular weight excluding hydrogens is 260 g/mol. The number of piperazine rings is 1. The number of aryl methyl sites for hydroxylation is 1. The molecule has 0 bridgehead atoms. The minimum absolute atomic E-state index is 0.413. The van der Waals surface area contributed by atoms with Crippen molar-refractivity contribution in [3.8, 4) is 0 Å². The van der Waals surface area contributed by atoms with E-state index in [1.165, 1.54) is 0 Å². The molecule has 0 saturated carbocycles. The zero-order valence-corrected chi connectivity index (χ0v) is 12.5. The highest BCUT2D eigenvalue weighted by atomic mass is 32.2. The maximum absolute atomic E-state index is 12.5. The van der Waals surface area contributed by atoms with Crippen LogP contribution in [-0.2, 0) is 10.0 Å². The first kappa shape index (κ1) is 14.5. The highest BCUT2D eigenvalue weighted by molar-refractivity contribution is 7.89. The maximum Gasteiger partial charge on any atom is 0.243 e. The summed E-state index contributed by atoms with van der Waals surface area (Å²) in [6.07, 6.45) is 1.12. The van der Waals surface area contributed by atoms with Gasteiger partial charge in [-0.2, -0.15) is 4.31 Å². The lowest BCUT2D eigenvalue weighted by molar-refractivity contribution is 0.188. The molecule has 0 aromatic heterocycles. The number of rotatable bonds is 4.